The summed E-state index contributed by atoms with van der Waals surface area (Å²) in [4.78, 5) is 0. The van der Waals surface area contributed by atoms with Crippen LogP contribution in [0.2, 0.25) is 0 Å². The van der Waals surface area contributed by atoms with Gasteiger partial charge in [-0.15, -0.1) is 0 Å². The van der Waals surface area contributed by atoms with Crippen LogP contribution in [0.25, 0.3) is 0 Å². The second-order valence-electron chi connectivity index (χ2n) is 5.54. The summed E-state index contributed by atoms with van der Waals surface area (Å²) in [6, 6.07) is 19.1. The SMILES string of the molecule is NC1(CNc2ccccc2Cc2ccccc2)CC1. The van der Waals surface area contributed by atoms with Gasteiger partial charge in [-0.05, 0) is 36.5 Å². The molecule has 0 radical (unpaired) electrons. The minimum atomic E-state index is 0.0415. The first kappa shape index (κ1) is 12.2. The van der Waals surface area contributed by atoms with Gasteiger partial charge in [0.15, 0.2) is 0 Å². The van der Waals surface area contributed by atoms with Crippen LogP contribution < -0.4 is 11.1 Å². The zero-order valence-corrected chi connectivity index (χ0v) is 11.1. The van der Waals surface area contributed by atoms with Crippen LogP contribution in [-0.2, 0) is 6.42 Å². The fourth-order valence-electron chi connectivity index (χ4n) is 2.27. The Hall–Kier alpha value is -1.80. The Morgan fingerprint density at radius 2 is 1.63 bits per heavy atom. The van der Waals surface area contributed by atoms with Gasteiger partial charge in [0.05, 0.1) is 0 Å². The van der Waals surface area contributed by atoms with Crippen molar-refractivity contribution in [1.29, 1.82) is 0 Å². The minimum Gasteiger partial charge on any atom is -0.383 e. The first-order chi connectivity index (χ1) is 9.25. The molecular weight excluding hydrogens is 232 g/mol. The molecule has 0 amide bonds. The van der Waals surface area contributed by atoms with Crippen LogP contribution in [0.1, 0.15) is 24.0 Å². The van der Waals surface area contributed by atoms with E-state index in [0.717, 1.165) is 25.8 Å². The molecule has 2 aromatic carbocycles. The lowest BCUT2D eigenvalue weighted by molar-refractivity contribution is 0.713. The molecule has 0 aliphatic heterocycles. The fraction of sp³-hybridized carbons (Fsp3) is 0.294. The van der Waals surface area contributed by atoms with Crippen molar-refractivity contribution in [1.82, 2.24) is 0 Å². The lowest BCUT2D eigenvalue weighted by atomic mass is 10.0. The van der Waals surface area contributed by atoms with Crippen molar-refractivity contribution >= 4 is 5.69 Å². The van der Waals surface area contributed by atoms with Crippen LogP contribution in [-0.4, -0.2) is 12.1 Å². The standard InChI is InChI=1S/C17H20N2/c18-17(10-11-17)13-19-16-9-5-4-8-15(16)12-14-6-2-1-3-7-14/h1-9,19H,10-13,18H2. The van der Waals surface area contributed by atoms with Crippen molar-refractivity contribution < 1.29 is 0 Å². The van der Waals surface area contributed by atoms with E-state index >= 15 is 0 Å². The highest BCUT2D eigenvalue weighted by molar-refractivity contribution is 5.53. The van der Waals surface area contributed by atoms with Crippen molar-refractivity contribution in [3.8, 4) is 0 Å². The van der Waals surface area contributed by atoms with Gasteiger partial charge in [-0.3, -0.25) is 0 Å². The third-order valence-electron chi connectivity index (χ3n) is 3.78. The van der Waals surface area contributed by atoms with Crippen molar-refractivity contribution in [2.45, 2.75) is 24.8 Å². The maximum Gasteiger partial charge on any atom is 0.0376 e. The molecule has 0 aromatic heterocycles. The highest BCUT2D eigenvalue weighted by Crippen LogP contribution is 2.32. The quantitative estimate of drug-likeness (QED) is 0.857. The summed E-state index contributed by atoms with van der Waals surface area (Å²) in [6.07, 6.45) is 3.24. The number of anilines is 1. The summed E-state index contributed by atoms with van der Waals surface area (Å²) < 4.78 is 0. The molecule has 0 bridgehead atoms. The van der Waals surface area contributed by atoms with E-state index in [1.165, 1.54) is 16.8 Å². The zero-order valence-electron chi connectivity index (χ0n) is 11.1. The van der Waals surface area contributed by atoms with Gasteiger partial charge >= 0.3 is 0 Å². The Morgan fingerprint density at radius 1 is 0.947 bits per heavy atom. The van der Waals surface area contributed by atoms with Crippen molar-refractivity contribution in [3.63, 3.8) is 0 Å². The molecule has 1 fully saturated rings. The largest absolute Gasteiger partial charge is 0.383 e. The third kappa shape index (κ3) is 3.15. The van der Waals surface area contributed by atoms with Crippen LogP contribution in [0.15, 0.2) is 54.6 Å². The Bertz CT molecular complexity index is 544. The van der Waals surface area contributed by atoms with Gasteiger partial charge in [0, 0.05) is 17.8 Å². The van der Waals surface area contributed by atoms with Crippen molar-refractivity contribution in [2.75, 3.05) is 11.9 Å². The summed E-state index contributed by atoms with van der Waals surface area (Å²) in [6.45, 7) is 0.874. The first-order valence-electron chi connectivity index (χ1n) is 6.90. The molecule has 2 heteroatoms. The van der Waals surface area contributed by atoms with Crippen LogP contribution in [0.5, 0.6) is 0 Å². The van der Waals surface area contributed by atoms with Gasteiger partial charge in [0.1, 0.15) is 0 Å². The molecule has 19 heavy (non-hydrogen) atoms. The van der Waals surface area contributed by atoms with Crippen LogP contribution >= 0.6 is 0 Å². The number of hydrogen-bond acceptors (Lipinski definition) is 2. The number of nitrogens with two attached hydrogens (primary N) is 1. The van der Waals surface area contributed by atoms with E-state index < -0.39 is 0 Å². The average Bonchev–Trinajstić information content (AvgIpc) is 3.17. The number of hydrogen-bond donors (Lipinski definition) is 2. The number of rotatable bonds is 5. The maximum atomic E-state index is 6.13. The summed E-state index contributed by atoms with van der Waals surface area (Å²) in [5.74, 6) is 0. The van der Waals surface area contributed by atoms with Crippen LogP contribution in [0, 0.1) is 0 Å². The molecule has 98 valence electrons. The molecule has 2 nitrogen and oxygen atoms in total. The molecule has 1 saturated carbocycles. The average molecular weight is 252 g/mol. The molecule has 3 N–H and O–H groups in total. The zero-order chi connectivity index (χ0) is 13.1. The molecular formula is C17H20N2. The summed E-state index contributed by atoms with van der Waals surface area (Å²) in [5, 5.41) is 3.51. The summed E-state index contributed by atoms with van der Waals surface area (Å²) >= 11 is 0. The molecule has 0 saturated heterocycles. The van der Waals surface area contributed by atoms with E-state index in [-0.39, 0.29) is 5.54 Å². The molecule has 2 aromatic rings. The molecule has 0 heterocycles. The third-order valence-corrected chi connectivity index (χ3v) is 3.78. The Balaban J connectivity index is 1.73. The van der Waals surface area contributed by atoms with E-state index in [0.29, 0.717) is 0 Å². The van der Waals surface area contributed by atoms with Gasteiger partial charge in [-0.2, -0.15) is 0 Å². The monoisotopic (exact) mass is 252 g/mol. The number of nitrogens with one attached hydrogen (secondary N) is 1. The Kier molecular flexibility index (Phi) is 3.26. The van der Waals surface area contributed by atoms with Crippen molar-refractivity contribution in [2.24, 2.45) is 5.73 Å². The predicted octanol–water partition coefficient (Wildman–Crippen LogP) is 3.18. The lowest BCUT2D eigenvalue weighted by Crippen LogP contribution is -2.31. The second-order valence-corrected chi connectivity index (χ2v) is 5.54. The smallest absolute Gasteiger partial charge is 0.0376 e. The minimum absolute atomic E-state index is 0.0415. The Morgan fingerprint density at radius 3 is 2.37 bits per heavy atom. The molecule has 0 spiro atoms. The highest BCUT2D eigenvalue weighted by Gasteiger charge is 2.37. The van der Waals surface area contributed by atoms with Crippen molar-refractivity contribution in [3.05, 3.63) is 65.7 Å². The molecule has 1 aliphatic carbocycles. The Labute approximate surface area is 114 Å². The molecule has 1 aliphatic rings. The molecule has 0 unspecified atom stereocenters. The van der Waals surface area contributed by atoms with E-state index in [1.54, 1.807) is 0 Å². The predicted molar refractivity (Wildman–Crippen MR) is 80.3 cm³/mol. The number of benzene rings is 2. The van der Waals surface area contributed by atoms with Gasteiger partial charge in [0.25, 0.3) is 0 Å². The van der Waals surface area contributed by atoms with E-state index in [9.17, 15) is 0 Å². The molecule has 0 atom stereocenters. The van der Waals surface area contributed by atoms with E-state index in [2.05, 4.69) is 59.9 Å². The van der Waals surface area contributed by atoms with Crippen LogP contribution in [0.3, 0.4) is 0 Å². The van der Waals surface area contributed by atoms with E-state index in [1.807, 2.05) is 0 Å². The summed E-state index contributed by atoms with van der Waals surface area (Å²) in [5.41, 5.74) is 10.1. The molecule has 3 rings (SSSR count). The highest BCUT2D eigenvalue weighted by atomic mass is 15.0. The topological polar surface area (TPSA) is 38.0 Å². The number of para-hydroxylation sites is 1. The van der Waals surface area contributed by atoms with Crippen LogP contribution in [0.4, 0.5) is 5.69 Å². The van der Waals surface area contributed by atoms with Gasteiger partial charge in [-0.25, -0.2) is 0 Å². The van der Waals surface area contributed by atoms with Gasteiger partial charge in [0.2, 0.25) is 0 Å². The van der Waals surface area contributed by atoms with Gasteiger partial charge in [-0.1, -0.05) is 48.5 Å². The first-order valence-corrected chi connectivity index (χ1v) is 6.90. The second kappa shape index (κ2) is 5.06. The fourth-order valence-corrected chi connectivity index (χ4v) is 2.27. The van der Waals surface area contributed by atoms with E-state index in [4.69, 9.17) is 5.73 Å². The normalized spacial score (nSPS) is 16.1. The maximum absolute atomic E-state index is 6.13. The lowest BCUT2D eigenvalue weighted by Gasteiger charge is -2.15. The summed E-state index contributed by atoms with van der Waals surface area (Å²) in [7, 11) is 0. The van der Waals surface area contributed by atoms with Gasteiger partial charge < -0.3 is 11.1 Å².